The first kappa shape index (κ1) is 23.2. The van der Waals surface area contributed by atoms with Crippen LogP contribution in [0, 0.1) is 5.41 Å². The third-order valence-electron chi connectivity index (χ3n) is 4.68. The molecule has 0 bridgehead atoms. The minimum atomic E-state index is -0.466. The number of benzene rings is 1. The Labute approximate surface area is 167 Å². The Morgan fingerprint density at radius 2 is 1.96 bits per heavy atom. The van der Waals surface area contributed by atoms with Gasteiger partial charge in [0.05, 0.1) is 12.0 Å². The minimum Gasteiger partial charge on any atom is -0.484 e. The molecule has 0 aromatic heterocycles. The summed E-state index contributed by atoms with van der Waals surface area (Å²) in [4.78, 5) is 25.9. The van der Waals surface area contributed by atoms with Gasteiger partial charge in [-0.2, -0.15) is 0 Å². The zero-order valence-corrected chi connectivity index (χ0v) is 17.1. The normalized spacial score (nSPS) is 15.4. The molecule has 0 radical (unpaired) electrons. The molecule has 0 unspecified atom stereocenters. The highest BCUT2D eigenvalue weighted by Crippen LogP contribution is 2.29. The van der Waals surface area contributed by atoms with Crippen molar-refractivity contribution in [1.82, 2.24) is 15.5 Å². The van der Waals surface area contributed by atoms with E-state index in [1.54, 1.807) is 27.3 Å². The Balaban J connectivity index is 0.00000364. The van der Waals surface area contributed by atoms with Gasteiger partial charge in [-0.05, 0) is 43.6 Å². The maximum atomic E-state index is 12.8. The number of amides is 2. The predicted molar refractivity (Wildman–Crippen MR) is 106 cm³/mol. The summed E-state index contributed by atoms with van der Waals surface area (Å²) >= 11 is 0. The molecule has 7 nitrogen and oxygen atoms in total. The lowest BCUT2D eigenvalue weighted by atomic mass is 9.78. The topological polar surface area (TPSA) is 79.9 Å². The van der Waals surface area contributed by atoms with Crippen LogP contribution in [0.15, 0.2) is 24.3 Å². The van der Waals surface area contributed by atoms with Crippen LogP contribution < -0.4 is 15.4 Å². The number of likely N-dealkylation sites (N-methyl/N-ethyl adjacent to an activating group) is 1. The molecule has 152 valence electrons. The molecule has 2 amide bonds. The molecule has 2 N–H and O–H groups in total. The van der Waals surface area contributed by atoms with Crippen molar-refractivity contribution in [2.45, 2.75) is 19.4 Å². The Kier molecular flexibility index (Phi) is 9.55. The van der Waals surface area contributed by atoms with E-state index in [0.717, 1.165) is 31.5 Å². The van der Waals surface area contributed by atoms with E-state index in [0.29, 0.717) is 18.9 Å². The van der Waals surface area contributed by atoms with E-state index in [9.17, 15) is 9.59 Å². The second-order valence-corrected chi connectivity index (χ2v) is 6.87. The van der Waals surface area contributed by atoms with Crippen molar-refractivity contribution < 1.29 is 19.1 Å². The fourth-order valence-electron chi connectivity index (χ4n) is 3.01. The fraction of sp³-hybridized carbons (Fsp3) is 0.579. The monoisotopic (exact) mass is 399 g/mol. The average molecular weight is 400 g/mol. The van der Waals surface area contributed by atoms with Crippen LogP contribution in [0.25, 0.3) is 0 Å². The van der Waals surface area contributed by atoms with Crippen molar-refractivity contribution in [3.63, 3.8) is 0 Å². The highest BCUT2D eigenvalue weighted by Gasteiger charge is 2.39. The average Bonchev–Trinajstić information content (AvgIpc) is 2.65. The van der Waals surface area contributed by atoms with Gasteiger partial charge in [0.15, 0.2) is 6.61 Å². The number of halogens is 1. The van der Waals surface area contributed by atoms with Crippen LogP contribution in [0.5, 0.6) is 5.75 Å². The molecule has 1 aliphatic rings. The number of ether oxygens (including phenoxy) is 2. The molecule has 0 spiro atoms. The zero-order valence-electron chi connectivity index (χ0n) is 16.2. The van der Waals surface area contributed by atoms with Crippen LogP contribution in [0.3, 0.4) is 0 Å². The number of carbonyl (C=O) groups excluding carboxylic acids is 2. The summed E-state index contributed by atoms with van der Waals surface area (Å²) in [5, 5.41) is 6.31. The molecule has 1 aliphatic heterocycles. The van der Waals surface area contributed by atoms with Gasteiger partial charge in [-0.25, -0.2) is 0 Å². The Morgan fingerprint density at radius 3 is 2.59 bits per heavy atom. The fourth-order valence-corrected chi connectivity index (χ4v) is 3.01. The van der Waals surface area contributed by atoms with E-state index >= 15 is 0 Å². The molecule has 0 saturated carbocycles. The lowest BCUT2D eigenvalue weighted by Crippen LogP contribution is -2.49. The van der Waals surface area contributed by atoms with E-state index in [2.05, 4.69) is 10.6 Å². The van der Waals surface area contributed by atoms with Gasteiger partial charge in [0.1, 0.15) is 5.75 Å². The van der Waals surface area contributed by atoms with Crippen molar-refractivity contribution >= 4 is 24.2 Å². The minimum absolute atomic E-state index is 0. The lowest BCUT2D eigenvalue weighted by molar-refractivity contribution is -0.136. The van der Waals surface area contributed by atoms with Gasteiger partial charge in [-0.15, -0.1) is 12.4 Å². The van der Waals surface area contributed by atoms with E-state index in [-0.39, 0.29) is 30.8 Å². The molecule has 1 aromatic carbocycles. The lowest BCUT2D eigenvalue weighted by Gasteiger charge is -2.35. The number of nitrogens with zero attached hydrogens (tertiary/aromatic N) is 1. The first-order chi connectivity index (χ1) is 12.5. The summed E-state index contributed by atoms with van der Waals surface area (Å²) in [6, 6.07) is 7.42. The van der Waals surface area contributed by atoms with Gasteiger partial charge in [0, 0.05) is 27.7 Å². The van der Waals surface area contributed by atoms with Crippen LogP contribution >= 0.6 is 12.4 Å². The molecule has 0 atom stereocenters. The molecule has 0 aliphatic carbocycles. The smallest absolute Gasteiger partial charge is 0.259 e. The number of hydrogen-bond donors (Lipinski definition) is 2. The highest BCUT2D eigenvalue weighted by atomic mass is 35.5. The molecule has 8 heteroatoms. The van der Waals surface area contributed by atoms with Gasteiger partial charge in [0.25, 0.3) is 5.91 Å². The summed E-state index contributed by atoms with van der Waals surface area (Å²) in [5.41, 5.74) is 0.460. The quantitative estimate of drug-likeness (QED) is 0.686. The SMILES string of the molecule is COCC1(C(=O)NCc2cccc(OCC(=O)N(C)C)c2)CCNCC1.Cl. The van der Waals surface area contributed by atoms with Crippen LogP contribution in [0.1, 0.15) is 18.4 Å². The zero-order chi connectivity index (χ0) is 19.0. The van der Waals surface area contributed by atoms with E-state index < -0.39 is 5.41 Å². The summed E-state index contributed by atoms with van der Waals surface area (Å²) in [6.45, 7) is 2.47. The van der Waals surface area contributed by atoms with Crippen molar-refractivity contribution in [1.29, 1.82) is 0 Å². The number of nitrogens with one attached hydrogen (secondary N) is 2. The number of methoxy groups -OCH3 is 1. The Hall–Kier alpha value is -1.83. The van der Waals surface area contributed by atoms with Gasteiger partial charge < -0.3 is 25.0 Å². The van der Waals surface area contributed by atoms with Crippen LogP contribution in [-0.2, 0) is 20.9 Å². The molecule has 1 fully saturated rings. The molecular weight excluding hydrogens is 370 g/mol. The molecule has 1 aromatic rings. The first-order valence-corrected chi connectivity index (χ1v) is 8.87. The molecule has 1 heterocycles. The summed E-state index contributed by atoms with van der Waals surface area (Å²) in [5.74, 6) is 0.534. The second-order valence-electron chi connectivity index (χ2n) is 6.87. The van der Waals surface area contributed by atoms with E-state index in [1.165, 1.54) is 4.90 Å². The number of piperidine rings is 1. The first-order valence-electron chi connectivity index (χ1n) is 8.87. The molecular formula is C19H30ClN3O4. The third kappa shape index (κ3) is 6.68. The summed E-state index contributed by atoms with van der Waals surface area (Å²) in [7, 11) is 5.01. The second kappa shape index (κ2) is 11.1. The van der Waals surface area contributed by atoms with Crippen LogP contribution in [-0.4, -0.2) is 64.2 Å². The Morgan fingerprint density at radius 1 is 1.26 bits per heavy atom. The molecule has 27 heavy (non-hydrogen) atoms. The van der Waals surface area contributed by atoms with Crippen LogP contribution in [0.4, 0.5) is 0 Å². The number of hydrogen-bond acceptors (Lipinski definition) is 5. The maximum absolute atomic E-state index is 12.8. The largest absolute Gasteiger partial charge is 0.484 e. The summed E-state index contributed by atoms with van der Waals surface area (Å²) in [6.07, 6.45) is 1.53. The Bertz CT molecular complexity index is 613. The van der Waals surface area contributed by atoms with Crippen molar-refractivity contribution in [2.75, 3.05) is 47.5 Å². The highest BCUT2D eigenvalue weighted by molar-refractivity contribution is 5.85. The maximum Gasteiger partial charge on any atom is 0.259 e. The molecule has 2 rings (SSSR count). The van der Waals surface area contributed by atoms with Crippen LogP contribution in [0.2, 0.25) is 0 Å². The van der Waals surface area contributed by atoms with Crippen molar-refractivity contribution in [3.05, 3.63) is 29.8 Å². The van der Waals surface area contributed by atoms with Crippen molar-refractivity contribution in [2.24, 2.45) is 5.41 Å². The number of rotatable bonds is 8. The van der Waals surface area contributed by atoms with E-state index in [4.69, 9.17) is 9.47 Å². The number of carbonyl (C=O) groups is 2. The van der Waals surface area contributed by atoms with Crippen molar-refractivity contribution in [3.8, 4) is 5.75 Å². The van der Waals surface area contributed by atoms with Gasteiger partial charge in [0.2, 0.25) is 5.91 Å². The van der Waals surface area contributed by atoms with Gasteiger partial charge in [-0.1, -0.05) is 12.1 Å². The molecule has 1 saturated heterocycles. The van der Waals surface area contributed by atoms with Gasteiger partial charge in [-0.3, -0.25) is 9.59 Å². The third-order valence-corrected chi connectivity index (χ3v) is 4.68. The predicted octanol–water partition coefficient (Wildman–Crippen LogP) is 1.21. The standard InChI is InChI=1S/C19H29N3O4.ClH/c1-22(2)17(23)13-26-16-6-4-5-15(11-16)12-21-18(24)19(14-25-3)7-9-20-10-8-19;/h4-6,11,20H,7-10,12-14H2,1-3H3,(H,21,24);1H. The summed E-state index contributed by atoms with van der Waals surface area (Å²) < 4.78 is 10.8. The van der Waals surface area contributed by atoms with Gasteiger partial charge >= 0.3 is 0 Å². The van der Waals surface area contributed by atoms with E-state index in [1.807, 2.05) is 18.2 Å².